The fourth-order valence-corrected chi connectivity index (χ4v) is 5.51. The smallest absolute Gasteiger partial charge is 0.339 e. The van der Waals surface area contributed by atoms with Crippen LogP contribution in [0.5, 0.6) is 10.8 Å². The van der Waals surface area contributed by atoms with Gasteiger partial charge in [0.05, 0.1) is 25.1 Å². The average Bonchev–Trinajstić information content (AvgIpc) is 3.57. The number of esters is 1. The number of thiazole rings is 1. The van der Waals surface area contributed by atoms with Crippen LogP contribution in [0.2, 0.25) is 5.02 Å². The lowest BCUT2D eigenvalue weighted by atomic mass is 9.81. The number of methoxy groups -OCH3 is 1. The van der Waals surface area contributed by atoms with E-state index in [1.54, 1.807) is 22.8 Å². The van der Waals surface area contributed by atoms with Crippen molar-refractivity contribution in [2.75, 3.05) is 37.0 Å². The largest absolute Gasteiger partial charge is 0.465 e. The molecular weight excluding hydrogens is 506 g/mol. The highest BCUT2D eigenvalue weighted by molar-refractivity contribution is 7.17. The minimum absolute atomic E-state index is 0.0148. The lowest BCUT2D eigenvalue weighted by molar-refractivity contribution is -0.127. The molecule has 3 amide bonds. The minimum atomic E-state index is -0.524. The van der Waals surface area contributed by atoms with Crippen LogP contribution in [0.15, 0.2) is 42.9 Å². The number of anilines is 2. The van der Waals surface area contributed by atoms with Crippen molar-refractivity contribution in [3.63, 3.8) is 0 Å². The molecule has 186 valence electrons. The van der Waals surface area contributed by atoms with Crippen LogP contribution in [0.4, 0.5) is 15.6 Å². The average molecular weight is 528 g/mol. The normalized spacial score (nSPS) is 18.3. The molecule has 1 aromatic carbocycles. The molecule has 0 saturated carbocycles. The summed E-state index contributed by atoms with van der Waals surface area (Å²) in [6.45, 7) is 3.16. The molecule has 1 N–H and O–H groups in total. The number of nitrogens with one attached hydrogen (secondary N) is 1. The van der Waals surface area contributed by atoms with E-state index in [2.05, 4.69) is 15.3 Å². The molecule has 1 unspecified atom stereocenters. The molecule has 3 aromatic rings. The number of rotatable bonds is 4. The highest BCUT2D eigenvalue weighted by Crippen LogP contribution is 2.47. The van der Waals surface area contributed by atoms with E-state index in [1.807, 2.05) is 12.1 Å². The van der Waals surface area contributed by atoms with Crippen LogP contribution in [0.25, 0.3) is 0 Å². The van der Waals surface area contributed by atoms with Crippen LogP contribution >= 0.6 is 22.9 Å². The van der Waals surface area contributed by atoms with Crippen LogP contribution in [0, 0.1) is 0 Å². The fourth-order valence-electron chi connectivity index (χ4n) is 4.66. The predicted octanol–water partition coefficient (Wildman–Crippen LogP) is 4.31. The van der Waals surface area contributed by atoms with E-state index in [-0.39, 0.29) is 22.9 Å². The number of hydrogen-bond acceptors (Lipinski definition) is 8. The number of fused-ring (bicyclic) bond motifs is 2. The molecular formula is C24H22ClN5O5S. The first kappa shape index (κ1) is 24.0. The number of ether oxygens (including phenoxy) is 2. The Balaban J connectivity index is 1.32. The Kier molecular flexibility index (Phi) is 6.27. The number of halogens is 1. The Labute approximate surface area is 215 Å². The molecule has 0 aliphatic carbocycles. The lowest BCUT2D eigenvalue weighted by Gasteiger charge is -2.25. The topological polar surface area (TPSA) is 114 Å². The number of pyridine rings is 1. The first-order valence-corrected chi connectivity index (χ1v) is 12.3. The van der Waals surface area contributed by atoms with E-state index in [1.165, 1.54) is 31.8 Å². The van der Waals surface area contributed by atoms with Gasteiger partial charge in [-0.05, 0) is 36.2 Å². The van der Waals surface area contributed by atoms with Crippen LogP contribution in [0.3, 0.4) is 0 Å². The Hall–Kier alpha value is -3.70. The Morgan fingerprint density at radius 3 is 2.75 bits per heavy atom. The van der Waals surface area contributed by atoms with Gasteiger partial charge in [0, 0.05) is 48.9 Å². The van der Waals surface area contributed by atoms with Crippen molar-refractivity contribution in [1.82, 2.24) is 14.9 Å². The molecule has 2 aromatic heterocycles. The highest BCUT2D eigenvalue weighted by Gasteiger charge is 2.49. The second-order valence-corrected chi connectivity index (χ2v) is 10.1. The summed E-state index contributed by atoms with van der Waals surface area (Å²) in [6, 6.07) is 6.64. The van der Waals surface area contributed by atoms with Gasteiger partial charge in [0.15, 0.2) is 5.13 Å². The quantitative estimate of drug-likeness (QED) is 0.503. The van der Waals surface area contributed by atoms with Crippen LogP contribution in [0.1, 0.15) is 29.3 Å². The van der Waals surface area contributed by atoms with E-state index in [4.69, 9.17) is 21.1 Å². The maximum absolute atomic E-state index is 13.3. The van der Waals surface area contributed by atoms with Crippen molar-refractivity contribution < 1.29 is 23.9 Å². The number of urea groups is 1. The molecule has 2 aliphatic rings. The number of benzene rings is 1. The third-order valence-corrected chi connectivity index (χ3v) is 7.40. The van der Waals surface area contributed by atoms with E-state index in [9.17, 15) is 14.4 Å². The molecule has 4 heterocycles. The summed E-state index contributed by atoms with van der Waals surface area (Å²) in [6.07, 6.45) is 5.07. The summed E-state index contributed by atoms with van der Waals surface area (Å²) in [4.78, 5) is 48.7. The predicted molar refractivity (Wildman–Crippen MR) is 134 cm³/mol. The number of carbonyl (C=O) groups is 3. The van der Waals surface area contributed by atoms with E-state index in [0.29, 0.717) is 40.6 Å². The van der Waals surface area contributed by atoms with Crippen molar-refractivity contribution in [2.45, 2.75) is 18.8 Å². The van der Waals surface area contributed by atoms with Gasteiger partial charge in [0.2, 0.25) is 11.0 Å². The zero-order valence-electron chi connectivity index (χ0n) is 19.5. The Morgan fingerprint density at radius 2 is 2.00 bits per heavy atom. The molecule has 1 atom stereocenters. The van der Waals surface area contributed by atoms with Gasteiger partial charge in [0.1, 0.15) is 5.75 Å². The van der Waals surface area contributed by atoms with Crippen LogP contribution < -0.4 is 15.0 Å². The summed E-state index contributed by atoms with van der Waals surface area (Å²) in [5, 5.41) is 4.18. The number of likely N-dealkylation sites (tertiary alicyclic amines) is 1. The van der Waals surface area contributed by atoms with Crippen molar-refractivity contribution in [3.05, 3.63) is 59.0 Å². The number of aromatic nitrogens is 2. The van der Waals surface area contributed by atoms with Crippen LogP contribution in [-0.2, 0) is 14.9 Å². The van der Waals surface area contributed by atoms with Crippen LogP contribution in [-0.4, -0.2) is 59.5 Å². The molecule has 1 saturated heterocycles. The molecule has 36 heavy (non-hydrogen) atoms. The minimum Gasteiger partial charge on any atom is -0.465 e. The van der Waals surface area contributed by atoms with Crippen molar-refractivity contribution in [1.29, 1.82) is 0 Å². The molecule has 5 rings (SSSR count). The zero-order chi connectivity index (χ0) is 25.4. The number of amides is 3. The summed E-state index contributed by atoms with van der Waals surface area (Å²) < 4.78 is 10.4. The van der Waals surface area contributed by atoms with Gasteiger partial charge in [0.25, 0.3) is 0 Å². The maximum Gasteiger partial charge on any atom is 0.339 e. The van der Waals surface area contributed by atoms with Gasteiger partial charge in [-0.2, -0.15) is 0 Å². The molecule has 1 spiro atoms. The lowest BCUT2D eigenvalue weighted by Crippen LogP contribution is -2.41. The summed E-state index contributed by atoms with van der Waals surface area (Å²) in [5.74, 6) is -0.173. The Morgan fingerprint density at radius 1 is 1.17 bits per heavy atom. The number of carbonyl (C=O) groups excluding carboxylic acids is 3. The standard InChI is InChI=1S/C24H22ClN5O5S/c1-14(31)29-6-5-24(12-29)13-30(19-4-3-16(25)8-18(19)24)23(33)28-22-27-11-20(36-22)35-17-7-15(9-26-10-17)21(32)34-2/h3-4,7-11H,5-6,12-13H2,1-2H3,(H,27,28,33). The van der Waals surface area contributed by atoms with Gasteiger partial charge in [-0.3, -0.25) is 20.0 Å². The number of nitrogens with zero attached hydrogens (tertiary/aromatic N) is 4. The SMILES string of the molecule is COC(=O)c1cncc(Oc2cnc(NC(=O)N3CC4(CCN(C(C)=O)C4)c4cc(Cl)ccc43)s2)c1. The van der Waals surface area contributed by atoms with Gasteiger partial charge < -0.3 is 14.4 Å². The molecule has 2 aliphatic heterocycles. The number of hydrogen-bond donors (Lipinski definition) is 1. The van der Waals surface area contributed by atoms with E-state index in [0.717, 1.165) is 29.0 Å². The first-order valence-electron chi connectivity index (χ1n) is 11.1. The van der Waals surface area contributed by atoms with Gasteiger partial charge >= 0.3 is 12.0 Å². The Bertz CT molecular complexity index is 1360. The third kappa shape index (κ3) is 4.47. The molecule has 0 bridgehead atoms. The summed E-state index contributed by atoms with van der Waals surface area (Å²) in [7, 11) is 1.29. The molecule has 10 nitrogen and oxygen atoms in total. The second kappa shape index (κ2) is 9.40. The summed E-state index contributed by atoms with van der Waals surface area (Å²) >= 11 is 7.43. The molecule has 0 radical (unpaired) electrons. The highest BCUT2D eigenvalue weighted by atomic mass is 35.5. The molecule has 1 fully saturated rings. The third-order valence-electron chi connectivity index (χ3n) is 6.38. The second-order valence-electron chi connectivity index (χ2n) is 8.64. The van der Waals surface area contributed by atoms with E-state index < -0.39 is 5.97 Å². The van der Waals surface area contributed by atoms with E-state index >= 15 is 0 Å². The van der Waals surface area contributed by atoms with Gasteiger partial charge in [-0.1, -0.05) is 22.9 Å². The summed E-state index contributed by atoms with van der Waals surface area (Å²) in [5.41, 5.74) is 1.62. The van der Waals surface area contributed by atoms with Crippen molar-refractivity contribution >= 4 is 51.7 Å². The van der Waals surface area contributed by atoms with Gasteiger partial charge in [-0.25, -0.2) is 14.6 Å². The van der Waals surface area contributed by atoms with Gasteiger partial charge in [-0.15, -0.1) is 0 Å². The maximum atomic E-state index is 13.3. The van der Waals surface area contributed by atoms with Crippen molar-refractivity contribution in [3.8, 4) is 10.8 Å². The molecule has 12 heteroatoms. The first-order chi connectivity index (χ1) is 17.3. The zero-order valence-corrected chi connectivity index (χ0v) is 21.1. The fraction of sp³-hybridized carbons (Fsp3) is 0.292. The monoisotopic (exact) mass is 527 g/mol. The van der Waals surface area contributed by atoms with Crippen molar-refractivity contribution in [2.24, 2.45) is 0 Å².